The molecular weight excluding hydrogens is 134 g/mol. The fraction of sp³-hybridized carbons (Fsp3) is 0.600. The maximum absolute atomic E-state index is 3.35. The van der Waals surface area contributed by atoms with Crippen molar-refractivity contribution in [3.63, 3.8) is 0 Å². The van der Waals surface area contributed by atoms with E-state index < -0.39 is 0 Å². The highest BCUT2D eigenvalue weighted by atomic mass is 14.9. The molecule has 0 spiro atoms. The molecule has 0 fully saturated rings. The first-order valence-corrected chi connectivity index (χ1v) is 4.53. The summed E-state index contributed by atoms with van der Waals surface area (Å²) in [6.45, 7) is 3.25. The minimum absolute atomic E-state index is 1.01. The summed E-state index contributed by atoms with van der Waals surface area (Å²) < 4.78 is 0. The predicted molar refractivity (Wildman–Crippen MR) is 49.4 cm³/mol. The minimum Gasteiger partial charge on any atom is -0.385 e. The molecule has 1 heterocycles. The zero-order chi connectivity index (χ0) is 7.94. The average Bonchev–Trinajstić information content (AvgIpc) is 2.07. The Labute approximate surface area is 69.2 Å². The van der Waals surface area contributed by atoms with E-state index in [0.717, 1.165) is 6.54 Å². The van der Waals surface area contributed by atoms with Crippen LogP contribution in [0.25, 0.3) is 0 Å². The van der Waals surface area contributed by atoms with Gasteiger partial charge in [0.25, 0.3) is 0 Å². The van der Waals surface area contributed by atoms with Gasteiger partial charge in [-0.2, -0.15) is 0 Å². The number of unbranched alkanes of at least 4 members (excludes halogenated alkanes) is 2. The zero-order valence-electron chi connectivity index (χ0n) is 7.27. The summed E-state index contributed by atoms with van der Waals surface area (Å²) in [6, 6.07) is 0. The number of hydrogen-bond donors (Lipinski definition) is 1. The topological polar surface area (TPSA) is 12.0 Å². The highest BCUT2D eigenvalue weighted by Gasteiger charge is 1.96. The summed E-state index contributed by atoms with van der Waals surface area (Å²) in [7, 11) is 0. The van der Waals surface area contributed by atoms with E-state index in [2.05, 4.69) is 30.5 Å². The third-order valence-corrected chi connectivity index (χ3v) is 1.93. The molecule has 0 aromatic heterocycles. The average molecular weight is 151 g/mol. The van der Waals surface area contributed by atoms with E-state index in [1.54, 1.807) is 0 Å². The van der Waals surface area contributed by atoms with Gasteiger partial charge < -0.3 is 5.32 Å². The molecule has 1 aliphatic heterocycles. The number of dihydropyridines is 1. The molecule has 1 N–H and O–H groups in total. The molecule has 62 valence electrons. The molecule has 0 aliphatic carbocycles. The van der Waals surface area contributed by atoms with E-state index in [0.29, 0.717) is 0 Å². The van der Waals surface area contributed by atoms with Gasteiger partial charge in [0, 0.05) is 12.2 Å². The number of rotatable bonds is 4. The predicted octanol–water partition coefficient (Wildman–Crippen LogP) is 2.61. The monoisotopic (exact) mass is 151 g/mol. The first-order valence-electron chi connectivity index (χ1n) is 4.53. The van der Waals surface area contributed by atoms with Gasteiger partial charge in [0.2, 0.25) is 0 Å². The molecule has 0 aromatic rings. The maximum atomic E-state index is 3.35. The van der Waals surface area contributed by atoms with Crippen molar-refractivity contribution in [2.45, 2.75) is 32.6 Å². The van der Waals surface area contributed by atoms with Crippen LogP contribution in [0.4, 0.5) is 0 Å². The third kappa shape index (κ3) is 3.26. The lowest BCUT2D eigenvalue weighted by Crippen LogP contribution is -2.15. The lowest BCUT2D eigenvalue weighted by molar-refractivity contribution is 0.679. The van der Waals surface area contributed by atoms with Crippen LogP contribution in [0.3, 0.4) is 0 Å². The van der Waals surface area contributed by atoms with Gasteiger partial charge in [0.15, 0.2) is 0 Å². The van der Waals surface area contributed by atoms with Crippen LogP contribution >= 0.6 is 0 Å². The van der Waals surface area contributed by atoms with E-state index >= 15 is 0 Å². The van der Waals surface area contributed by atoms with Crippen molar-refractivity contribution < 1.29 is 0 Å². The minimum atomic E-state index is 1.01. The molecule has 1 nitrogen and oxygen atoms in total. The Morgan fingerprint density at radius 1 is 1.45 bits per heavy atom. The second-order valence-corrected chi connectivity index (χ2v) is 2.96. The van der Waals surface area contributed by atoms with Gasteiger partial charge in [0.05, 0.1) is 0 Å². The van der Waals surface area contributed by atoms with Crippen molar-refractivity contribution in [2.75, 3.05) is 6.54 Å². The Kier molecular flexibility index (Phi) is 3.81. The smallest absolute Gasteiger partial charge is 0.0330 e. The van der Waals surface area contributed by atoms with E-state index in [4.69, 9.17) is 0 Å². The van der Waals surface area contributed by atoms with E-state index in [9.17, 15) is 0 Å². The number of hydrogen-bond acceptors (Lipinski definition) is 1. The van der Waals surface area contributed by atoms with Gasteiger partial charge in [-0.05, 0) is 18.9 Å². The van der Waals surface area contributed by atoms with Crippen LogP contribution < -0.4 is 5.32 Å². The van der Waals surface area contributed by atoms with Gasteiger partial charge in [-0.15, -0.1) is 0 Å². The van der Waals surface area contributed by atoms with Crippen LogP contribution in [0.15, 0.2) is 23.9 Å². The van der Waals surface area contributed by atoms with Crippen LogP contribution in [-0.2, 0) is 0 Å². The third-order valence-electron chi connectivity index (χ3n) is 1.93. The lowest BCUT2D eigenvalue weighted by Gasteiger charge is -2.10. The highest BCUT2D eigenvalue weighted by Crippen LogP contribution is 2.07. The molecule has 1 aliphatic rings. The van der Waals surface area contributed by atoms with Crippen molar-refractivity contribution in [2.24, 2.45) is 0 Å². The molecule has 0 amide bonds. The van der Waals surface area contributed by atoms with Crippen molar-refractivity contribution in [1.82, 2.24) is 5.32 Å². The highest BCUT2D eigenvalue weighted by molar-refractivity contribution is 5.16. The Balaban J connectivity index is 2.15. The second kappa shape index (κ2) is 5.00. The van der Waals surface area contributed by atoms with E-state index in [1.165, 1.54) is 31.4 Å². The summed E-state index contributed by atoms with van der Waals surface area (Å²) in [5.74, 6) is 0. The van der Waals surface area contributed by atoms with E-state index in [-0.39, 0.29) is 0 Å². The van der Waals surface area contributed by atoms with Gasteiger partial charge in [-0.3, -0.25) is 0 Å². The lowest BCUT2D eigenvalue weighted by atomic mass is 10.1. The van der Waals surface area contributed by atoms with Crippen molar-refractivity contribution >= 4 is 0 Å². The fourth-order valence-corrected chi connectivity index (χ4v) is 1.24. The first-order chi connectivity index (χ1) is 5.43. The molecule has 0 aromatic carbocycles. The van der Waals surface area contributed by atoms with Crippen molar-refractivity contribution in [1.29, 1.82) is 0 Å². The van der Waals surface area contributed by atoms with Gasteiger partial charge in [-0.1, -0.05) is 31.9 Å². The largest absolute Gasteiger partial charge is 0.385 e. The standard InChI is InChI=1S/C10H17N/c1-2-3-4-7-10-8-5-6-9-11-10/h5-6,8,11H,2-4,7,9H2,1H3. The molecule has 0 atom stereocenters. The van der Waals surface area contributed by atoms with Crippen LogP contribution in [0.2, 0.25) is 0 Å². The van der Waals surface area contributed by atoms with Gasteiger partial charge in [-0.25, -0.2) is 0 Å². The summed E-state index contributed by atoms with van der Waals surface area (Å²) in [5, 5.41) is 3.35. The Morgan fingerprint density at radius 3 is 3.00 bits per heavy atom. The summed E-state index contributed by atoms with van der Waals surface area (Å²) >= 11 is 0. The van der Waals surface area contributed by atoms with Crippen LogP contribution in [-0.4, -0.2) is 6.54 Å². The second-order valence-electron chi connectivity index (χ2n) is 2.96. The first kappa shape index (κ1) is 8.38. The Bertz CT molecular complexity index is 156. The molecule has 0 radical (unpaired) electrons. The molecule has 0 saturated carbocycles. The molecule has 0 saturated heterocycles. The molecule has 1 rings (SSSR count). The van der Waals surface area contributed by atoms with E-state index in [1.807, 2.05) is 0 Å². The van der Waals surface area contributed by atoms with Gasteiger partial charge >= 0.3 is 0 Å². The molecule has 1 heteroatoms. The molecule has 0 bridgehead atoms. The van der Waals surface area contributed by atoms with Crippen LogP contribution in [0.5, 0.6) is 0 Å². The van der Waals surface area contributed by atoms with Gasteiger partial charge in [0.1, 0.15) is 0 Å². The van der Waals surface area contributed by atoms with Crippen molar-refractivity contribution in [3.8, 4) is 0 Å². The van der Waals surface area contributed by atoms with Crippen molar-refractivity contribution in [3.05, 3.63) is 23.9 Å². The number of nitrogens with one attached hydrogen (secondary N) is 1. The van der Waals surface area contributed by atoms with Crippen LogP contribution in [0, 0.1) is 0 Å². The SMILES string of the molecule is CCCCCC1=CC=CCN1. The normalized spacial score (nSPS) is 15.9. The summed E-state index contributed by atoms with van der Waals surface area (Å²) in [5.41, 5.74) is 1.40. The summed E-state index contributed by atoms with van der Waals surface area (Å²) in [6.07, 6.45) is 11.7. The van der Waals surface area contributed by atoms with Crippen LogP contribution in [0.1, 0.15) is 32.6 Å². The summed E-state index contributed by atoms with van der Waals surface area (Å²) in [4.78, 5) is 0. The fourth-order valence-electron chi connectivity index (χ4n) is 1.24. The molecule has 0 unspecified atom stereocenters. The number of allylic oxidation sites excluding steroid dienone is 3. The molecular formula is C10H17N. The maximum Gasteiger partial charge on any atom is 0.0330 e. The zero-order valence-corrected chi connectivity index (χ0v) is 7.27. The molecule has 11 heavy (non-hydrogen) atoms. The Hall–Kier alpha value is -0.720. The Morgan fingerprint density at radius 2 is 2.36 bits per heavy atom. The quantitative estimate of drug-likeness (QED) is 0.609.